The number of ether oxygens (including phenoxy) is 1. The van der Waals surface area contributed by atoms with E-state index in [0.717, 1.165) is 13.0 Å². The molecule has 27 heavy (non-hydrogen) atoms. The van der Waals surface area contributed by atoms with Gasteiger partial charge in [0, 0.05) is 37.4 Å². The fourth-order valence-electron chi connectivity index (χ4n) is 2.83. The van der Waals surface area contributed by atoms with E-state index < -0.39 is 5.60 Å². The molecule has 0 unspecified atom stereocenters. The van der Waals surface area contributed by atoms with Crippen molar-refractivity contribution in [2.75, 3.05) is 38.0 Å². The van der Waals surface area contributed by atoms with Gasteiger partial charge < -0.3 is 15.0 Å². The van der Waals surface area contributed by atoms with Gasteiger partial charge in [-0.15, -0.1) is 0 Å². The lowest BCUT2D eigenvalue weighted by atomic mass is 10.1. The summed E-state index contributed by atoms with van der Waals surface area (Å²) in [5.41, 5.74) is 0.763. The van der Waals surface area contributed by atoms with E-state index in [9.17, 15) is 14.4 Å². The van der Waals surface area contributed by atoms with Gasteiger partial charge in [-0.3, -0.25) is 14.5 Å². The molecular formula is C20H29N3O4. The fraction of sp³-hybridized carbons (Fsp3) is 0.550. The van der Waals surface area contributed by atoms with Gasteiger partial charge in [-0.25, -0.2) is 4.79 Å². The number of hydrogen-bond donors (Lipinski definition) is 1. The molecule has 0 radical (unpaired) electrons. The summed E-state index contributed by atoms with van der Waals surface area (Å²) in [5, 5.41) is 2.84. The van der Waals surface area contributed by atoms with Crippen LogP contribution in [0.15, 0.2) is 24.3 Å². The number of benzene rings is 1. The highest BCUT2D eigenvalue weighted by atomic mass is 16.6. The molecule has 0 aliphatic carbocycles. The Labute approximate surface area is 160 Å². The third kappa shape index (κ3) is 7.02. The first-order valence-electron chi connectivity index (χ1n) is 9.25. The molecule has 1 aromatic carbocycles. The van der Waals surface area contributed by atoms with Crippen molar-refractivity contribution in [3.8, 4) is 0 Å². The van der Waals surface area contributed by atoms with Crippen molar-refractivity contribution in [2.24, 2.45) is 0 Å². The molecule has 0 aromatic heterocycles. The van der Waals surface area contributed by atoms with Gasteiger partial charge in [-0.2, -0.15) is 0 Å². The molecule has 1 heterocycles. The number of hydrogen-bond acceptors (Lipinski definition) is 5. The number of carbonyl (C=O) groups excluding carboxylic acids is 3. The number of amides is 2. The first kappa shape index (κ1) is 20.9. The van der Waals surface area contributed by atoms with E-state index in [0.29, 0.717) is 30.9 Å². The molecule has 0 atom stereocenters. The van der Waals surface area contributed by atoms with Gasteiger partial charge in [-0.1, -0.05) is 0 Å². The maximum absolute atomic E-state index is 12.3. The largest absolute Gasteiger partial charge is 0.444 e. The summed E-state index contributed by atoms with van der Waals surface area (Å²) >= 11 is 0. The molecule has 0 bridgehead atoms. The Morgan fingerprint density at radius 2 is 1.70 bits per heavy atom. The van der Waals surface area contributed by atoms with Gasteiger partial charge >= 0.3 is 6.09 Å². The molecule has 7 nitrogen and oxygen atoms in total. The van der Waals surface area contributed by atoms with Crippen molar-refractivity contribution in [1.82, 2.24) is 9.80 Å². The van der Waals surface area contributed by atoms with Crippen LogP contribution in [0.5, 0.6) is 0 Å². The molecular weight excluding hydrogens is 346 g/mol. The minimum absolute atomic E-state index is 0.00742. The van der Waals surface area contributed by atoms with Crippen LogP contribution in [0.2, 0.25) is 0 Å². The van der Waals surface area contributed by atoms with Crippen molar-refractivity contribution in [1.29, 1.82) is 0 Å². The highest BCUT2D eigenvalue weighted by Gasteiger charge is 2.25. The van der Waals surface area contributed by atoms with Crippen molar-refractivity contribution in [3.05, 3.63) is 29.8 Å². The molecule has 2 amide bonds. The zero-order valence-electron chi connectivity index (χ0n) is 16.6. The predicted octanol–water partition coefficient (Wildman–Crippen LogP) is 2.77. The molecule has 1 N–H and O–H groups in total. The lowest BCUT2D eigenvalue weighted by Crippen LogP contribution is -2.40. The minimum Gasteiger partial charge on any atom is -0.444 e. The molecule has 1 aliphatic heterocycles. The predicted molar refractivity (Wildman–Crippen MR) is 104 cm³/mol. The van der Waals surface area contributed by atoms with E-state index in [1.165, 1.54) is 6.92 Å². The van der Waals surface area contributed by atoms with E-state index in [-0.39, 0.29) is 24.3 Å². The molecule has 1 fully saturated rings. The average molecular weight is 375 g/mol. The maximum Gasteiger partial charge on any atom is 0.410 e. The van der Waals surface area contributed by atoms with Crippen LogP contribution in [-0.2, 0) is 9.53 Å². The first-order chi connectivity index (χ1) is 12.6. The lowest BCUT2D eigenvalue weighted by Gasteiger charge is -2.26. The smallest absolute Gasteiger partial charge is 0.410 e. The average Bonchev–Trinajstić information content (AvgIpc) is 2.79. The number of rotatable bonds is 4. The standard InChI is InChI=1S/C20H29N3O4/c1-15(24)16-6-8-17(9-7-16)21-18(25)14-22-10-5-11-23(13-12-22)19(26)27-20(2,3)4/h6-9H,5,10-14H2,1-4H3,(H,21,25). The lowest BCUT2D eigenvalue weighted by molar-refractivity contribution is -0.117. The Hall–Kier alpha value is -2.41. The van der Waals surface area contributed by atoms with E-state index in [2.05, 4.69) is 5.32 Å². The molecule has 148 valence electrons. The summed E-state index contributed by atoms with van der Waals surface area (Å²) < 4.78 is 5.42. The second-order valence-electron chi connectivity index (χ2n) is 7.78. The van der Waals surface area contributed by atoms with E-state index in [1.54, 1.807) is 29.2 Å². The first-order valence-corrected chi connectivity index (χ1v) is 9.25. The Morgan fingerprint density at radius 3 is 2.30 bits per heavy atom. The van der Waals surface area contributed by atoms with Crippen molar-refractivity contribution >= 4 is 23.5 Å². The zero-order chi connectivity index (χ0) is 20.0. The van der Waals surface area contributed by atoms with Gasteiger partial charge in [0.05, 0.1) is 6.54 Å². The number of Topliss-reactive ketones (excluding diaryl/α,β-unsaturated/α-hetero) is 1. The normalized spacial score (nSPS) is 15.8. The van der Waals surface area contributed by atoms with Gasteiger partial charge in [0.2, 0.25) is 5.91 Å². The van der Waals surface area contributed by atoms with Crippen LogP contribution in [0.3, 0.4) is 0 Å². The minimum atomic E-state index is -0.513. The molecule has 7 heteroatoms. The van der Waals surface area contributed by atoms with E-state index in [1.807, 2.05) is 25.7 Å². The Kier molecular flexibility index (Phi) is 6.96. The van der Waals surface area contributed by atoms with Gasteiger partial charge in [0.25, 0.3) is 0 Å². The van der Waals surface area contributed by atoms with Crippen LogP contribution in [-0.4, -0.2) is 65.9 Å². The summed E-state index contributed by atoms with van der Waals surface area (Å²) in [5.74, 6) is -0.122. The number of nitrogens with one attached hydrogen (secondary N) is 1. The topological polar surface area (TPSA) is 79.0 Å². The van der Waals surface area contributed by atoms with Crippen LogP contribution in [0.4, 0.5) is 10.5 Å². The van der Waals surface area contributed by atoms with Crippen molar-refractivity contribution in [3.63, 3.8) is 0 Å². The highest BCUT2D eigenvalue weighted by molar-refractivity contribution is 5.96. The van der Waals surface area contributed by atoms with Crippen molar-refractivity contribution in [2.45, 2.75) is 39.7 Å². The Balaban J connectivity index is 1.82. The fourth-order valence-corrected chi connectivity index (χ4v) is 2.83. The quantitative estimate of drug-likeness (QED) is 0.819. The van der Waals surface area contributed by atoms with Crippen LogP contribution in [0.25, 0.3) is 0 Å². The second-order valence-corrected chi connectivity index (χ2v) is 7.78. The number of carbonyl (C=O) groups is 3. The molecule has 2 rings (SSSR count). The van der Waals surface area contributed by atoms with E-state index in [4.69, 9.17) is 4.74 Å². The molecule has 1 aliphatic rings. The Bertz CT molecular complexity index is 679. The monoisotopic (exact) mass is 375 g/mol. The van der Waals surface area contributed by atoms with Crippen LogP contribution in [0.1, 0.15) is 44.5 Å². The zero-order valence-corrected chi connectivity index (χ0v) is 16.6. The molecule has 0 spiro atoms. The molecule has 1 aromatic rings. The third-order valence-electron chi connectivity index (χ3n) is 4.18. The molecule has 0 saturated carbocycles. The van der Waals surface area contributed by atoms with Gasteiger partial charge in [0.1, 0.15) is 5.60 Å². The van der Waals surface area contributed by atoms with Crippen LogP contribution < -0.4 is 5.32 Å². The molecule has 1 saturated heterocycles. The highest BCUT2D eigenvalue weighted by Crippen LogP contribution is 2.13. The second kappa shape index (κ2) is 8.99. The van der Waals surface area contributed by atoms with Gasteiger partial charge in [-0.05, 0) is 58.4 Å². The summed E-state index contributed by atoms with van der Waals surface area (Å²) in [6.07, 6.45) is 0.485. The summed E-state index contributed by atoms with van der Waals surface area (Å²) in [6.45, 7) is 9.85. The Morgan fingerprint density at radius 1 is 1.04 bits per heavy atom. The maximum atomic E-state index is 12.3. The van der Waals surface area contributed by atoms with Gasteiger partial charge in [0.15, 0.2) is 5.78 Å². The summed E-state index contributed by atoms with van der Waals surface area (Å²) in [7, 11) is 0. The summed E-state index contributed by atoms with van der Waals surface area (Å²) in [6, 6.07) is 6.84. The van der Waals surface area contributed by atoms with Crippen molar-refractivity contribution < 1.29 is 19.1 Å². The SMILES string of the molecule is CC(=O)c1ccc(NC(=O)CN2CCCN(C(=O)OC(C)(C)C)CC2)cc1. The van der Waals surface area contributed by atoms with Crippen LogP contribution in [0, 0.1) is 0 Å². The number of nitrogens with zero attached hydrogens (tertiary/aromatic N) is 2. The number of ketones is 1. The van der Waals surface area contributed by atoms with Crippen LogP contribution >= 0.6 is 0 Å². The van der Waals surface area contributed by atoms with E-state index >= 15 is 0 Å². The third-order valence-corrected chi connectivity index (χ3v) is 4.18. The number of anilines is 1. The summed E-state index contributed by atoms with van der Waals surface area (Å²) in [4.78, 5) is 39.5.